The van der Waals surface area contributed by atoms with Gasteiger partial charge in [0.1, 0.15) is 5.78 Å². The zero-order chi connectivity index (χ0) is 21.5. The summed E-state index contributed by atoms with van der Waals surface area (Å²) in [4.78, 5) is 33.7. The molecule has 0 aromatic rings. The quantitative estimate of drug-likeness (QED) is 0.422. The zero-order valence-corrected chi connectivity index (χ0v) is 18.0. The van der Waals surface area contributed by atoms with Crippen molar-refractivity contribution in [1.82, 2.24) is 10.6 Å². The molecule has 4 N–H and O–H groups in total. The third-order valence-electron chi connectivity index (χ3n) is 3.04. The summed E-state index contributed by atoms with van der Waals surface area (Å²) >= 11 is 0. The van der Waals surface area contributed by atoms with E-state index in [0.29, 0.717) is 45.1 Å². The Morgan fingerprint density at radius 2 is 1.26 bits per heavy atom. The molecule has 0 heterocycles. The molecule has 0 saturated carbocycles. The molecule has 0 unspecified atom stereocenters. The molecule has 0 aliphatic heterocycles. The van der Waals surface area contributed by atoms with E-state index in [4.69, 9.17) is 12.2 Å². The molecule has 0 bridgehead atoms. The summed E-state index contributed by atoms with van der Waals surface area (Å²) in [6, 6.07) is 0. The molecule has 0 aliphatic rings. The SMILES string of the molecule is C#CCCCC(=O)CCCC(=O)NC(C)(C)C.CC(C)(C)NC(=O)CCN. The van der Waals surface area contributed by atoms with Crippen LogP contribution in [0.15, 0.2) is 0 Å². The molecule has 27 heavy (non-hydrogen) atoms. The van der Waals surface area contributed by atoms with Gasteiger partial charge in [-0.15, -0.1) is 12.3 Å². The standard InChI is InChI=1S/C14H23NO2.C7H16N2O/c1-5-6-7-9-12(16)10-8-11-13(17)15-14(2,3)4;1-7(2,3)9-6(10)4-5-8/h1H,6-11H2,2-4H3,(H,15,17);4-5,8H2,1-3H3,(H,9,10). The first-order valence-corrected chi connectivity index (χ1v) is 9.58. The van der Waals surface area contributed by atoms with Crippen LogP contribution in [-0.2, 0) is 14.4 Å². The van der Waals surface area contributed by atoms with Gasteiger partial charge in [0.2, 0.25) is 11.8 Å². The van der Waals surface area contributed by atoms with Gasteiger partial charge in [-0.05, 0) is 54.4 Å². The minimum absolute atomic E-state index is 0.00826. The number of terminal acetylenes is 1. The highest BCUT2D eigenvalue weighted by molar-refractivity contribution is 5.80. The van der Waals surface area contributed by atoms with Gasteiger partial charge in [0.15, 0.2) is 0 Å². The molecule has 156 valence electrons. The van der Waals surface area contributed by atoms with Gasteiger partial charge in [-0.25, -0.2) is 0 Å². The van der Waals surface area contributed by atoms with Gasteiger partial charge in [-0.3, -0.25) is 14.4 Å². The molecular formula is C21H39N3O3. The van der Waals surface area contributed by atoms with E-state index < -0.39 is 0 Å². The smallest absolute Gasteiger partial charge is 0.221 e. The van der Waals surface area contributed by atoms with Gasteiger partial charge in [-0.2, -0.15) is 0 Å². The first-order chi connectivity index (χ1) is 12.3. The zero-order valence-electron chi connectivity index (χ0n) is 18.0. The molecule has 0 atom stereocenters. The molecule has 0 aromatic carbocycles. The lowest BCUT2D eigenvalue weighted by Crippen LogP contribution is -2.41. The third kappa shape index (κ3) is 24.1. The van der Waals surface area contributed by atoms with Crippen LogP contribution in [0.4, 0.5) is 0 Å². The van der Waals surface area contributed by atoms with E-state index in [9.17, 15) is 14.4 Å². The van der Waals surface area contributed by atoms with Gasteiger partial charge < -0.3 is 16.4 Å². The van der Waals surface area contributed by atoms with Gasteiger partial charge in [0.05, 0.1) is 0 Å². The lowest BCUT2D eigenvalue weighted by molar-refractivity contribution is -0.123. The van der Waals surface area contributed by atoms with Gasteiger partial charge >= 0.3 is 0 Å². The Hall–Kier alpha value is -1.87. The fraction of sp³-hybridized carbons (Fsp3) is 0.762. The lowest BCUT2D eigenvalue weighted by Gasteiger charge is -2.20. The van der Waals surface area contributed by atoms with Gasteiger partial charge in [0.25, 0.3) is 0 Å². The monoisotopic (exact) mass is 381 g/mol. The molecule has 0 aliphatic carbocycles. The van der Waals surface area contributed by atoms with Crippen molar-refractivity contribution >= 4 is 17.6 Å². The number of amides is 2. The summed E-state index contributed by atoms with van der Waals surface area (Å²) in [5.41, 5.74) is 4.85. The van der Waals surface area contributed by atoms with E-state index in [1.165, 1.54) is 0 Å². The van der Waals surface area contributed by atoms with E-state index >= 15 is 0 Å². The normalized spacial score (nSPS) is 10.9. The molecule has 0 aromatic heterocycles. The topological polar surface area (TPSA) is 101 Å². The van der Waals surface area contributed by atoms with Crippen molar-refractivity contribution < 1.29 is 14.4 Å². The van der Waals surface area contributed by atoms with Crippen LogP contribution in [0.2, 0.25) is 0 Å². The fourth-order valence-corrected chi connectivity index (χ4v) is 2.05. The van der Waals surface area contributed by atoms with E-state index in [2.05, 4.69) is 16.6 Å². The van der Waals surface area contributed by atoms with Crippen LogP contribution in [0.1, 0.15) is 86.5 Å². The Bertz CT molecular complexity index is 494. The number of rotatable bonds is 9. The van der Waals surface area contributed by atoms with Crippen molar-refractivity contribution in [3.63, 3.8) is 0 Å². The molecule has 0 saturated heterocycles. The highest BCUT2D eigenvalue weighted by Gasteiger charge is 2.13. The van der Waals surface area contributed by atoms with E-state index in [0.717, 1.165) is 6.42 Å². The van der Waals surface area contributed by atoms with E-state index in [1.54, 1.807) is 0 Å². The highest BCUT2D eigenvalue weighted by atomic mass is 16.2. The first kappa shape index (κ1) is 27.3. The van der Waals surface area contributed by atoms with Crippen LogP contribution in [0.25, 0.3) is 0 Å². The molecule has 6 nitrogen and oxygen atoms in total. The van der Waals surface area contributed by atoms with E-state index in [1.807, 2.05) is 41.5 Å². The number of hydrogen-bond donors (Lipinski definition) is 3. The summed E-state index contributed by atoms with van der Waals surface area (Å²) in [5.74, 6) is 2.74. The summed E-state index contributed by atoms with van der Waals surface area (Å²) < 4.78 is 0. The minimum atomic E-state index is -0.201. The predicted molar refractivity (Wildman–Crippen MR) is 111 cm³/mol. The summed E-state index contributed by atoms with van der Waals surface area (Å²) in [6.45, 7) is 12.1. The second kappa shape index (κ2) is 14.2. The fourth-order valence-electron chi connectivity index (χ4n) is 2.05. The number of Topliss-reactive ketones (excluding diaryl/α,β-unsaturated/α-hetero) is 1. The molecule has 2 amide bonds. The Morgan fingerprint density at radius 1 is 0.815 bits per heavy atom. The van der Waals surface area contributed by atoms with Crippen LogP contribution in [0.3, 0.4) is 0 Å². The van der Waals surface area contributed by atoms with Crippen molar-refractivity contribution in [1.29, 1.82) is 0 Å². The Labute approximate surface area is 165 Å². The number of unbranched alkanes of at least 4 members (excludes halogenated alkanes) is 1. The molecule has 6 heteroatoms. The van der Waals surface area contributed by atoms with Crippen LogP contribution in [0.5, 0.6) is 0 Å². The summed E-state index contributed by atoms with van der Waals surface area (Å²) in [5, 5.41) is 5.67. The minimum Gasteiger partial charge on any atom is -0.352 e. The van der Waals surface area contributed by atoms with Crippen molar-refractivity contribution in [2.24, 2.45) is 5.73 Å². The average Bonchev–Trinajstić information content (AvgIpc) is 2.44. The Morgan fingerprint density at radius 3 is 1.67 bits per heavy atom. The van der Waals surface area contributed by atoms with Gasteiger partial charge in [-0.1, -0.05) is 0 Å². The molecule has 0 fully saturated rings. The predicted octanol–water partition coefficient (Wildman–Crippen LogP) is 2.69. The molecule has 0 rings (SSSR count). The van der Waals surface area contributed by atoms with Crippen LogP contribution >= 0.6 is 0 Å². The third-order valence-corrected chi connectivity index (χ3v) is 3.04. The number of ketones is 1. The second-order valence-corrected chi connectivity index (χ2v) is 8.58. The maximum Gasteiger partial charge on any atom is 0.221 e. The highest BCUT2D eigenvalue weighted by Crippen LogP contribution is 2.05. The summed E-state index contributed by atoms with van der Waals surface area (Å²) in [7, 11) is 0. The largest absolute Gasteiger partial charge is 0.352 e. The van der Waals surface area contributed by atoms with Crippen molar-refractivity contribution in [2.45, 2.75) is 97.6 Å². The van der Waals surface area contributed by atoms with Crippen LogP contribution in [-0.4, -0.2) is 35.2 Å². The van der Waals surface area contributed by atoms with Crippen molar-refractivity contribution in [3.8, 4) is 12.3 Å². The number of hydrogen-bond acceptors (Lipinski definition) is 4. The van der Waals surface area contributed by atoms with E-state index in [-0.39, 0.29) is 28.7 Å². The Balaban J connectivity index is 0. The van der Waals surface area contributed by atoms with Crippen molar-refractivity contribution in [2.75, 3.05) is 6.54 Å². The van der Waals surface area contributed by atoms with Crippen LogP contribution < -0.4 is 16.4 Å². The lowest BCUT2D eigenvalue weighted by atomic mass is 10.1. The number of nitrogens with two attached hydrogens (primary N) is 1. The molecular weight excluding hydrogens is 342 g/mol. The maximum absolute atomic E-state index is 11.5. The maximum atomic E-state index is 11.5. The first-order valence-electron chi connectivity index (χ1n) is 9.58. The number of carbonyl (C=O) groups excluding carboxylic acids is 3. The number of nitrogens with one attached hydrogen (secondary N) is 2. The molecule has 0 spiro atoms. The second-order valence-electron chi connectivity index (χ2n) is 8.58. The van der Waals surface area contributed by atoms with Gasteiger partial charge in [0, 0.05) is 49.7 Å². The average molecular weight is 382 g/mol. The van der Waals surface area contributed by atoms with Crippen LogP contribution in [0, 0.1) is 12.3 Å². The van der Waals surface area contributed by atoms with Crippen molar-refractivity contribution in [3.05, 3.63) is 0 Å². The molecule has 0 radical (unpaired) electrons. The summed E-state index contributed by atoms with van der Waals surface area (Å²) in [6.07, 6.45) is 8.96. The number of carbonyl (C=O) groups is 3. The Kier molecular flexibility index (Phi) is 14.4.